The maximum atomic E-state index is 11.7. The Hall–Kier alpha value is -2.24. The van der Waals surface area contributed by atoms with Gasteiger partial charge in [0.25, 0.3) is 5.91 Å². The van der Waals surface area contributed by atoms with E-state index in [2.05, 4.69) is 5.10 Å². The van der Waals surface area contributed by atoms with Gasteiger partial charge in [0.2, 0.25) is 0 Å². The zero-order valence-corrected chi connectivity index (χ0v) is 13.5. The third kappa shape index (κ3) is 5.96. The third-order valence-electron chi connectivity index (χ3n) is 3.20. The highest BCUT2D eigenvalue weighted by Crippen LogP contribution is 2.26. The van der Waals surface area contributed by atoms with Crippen LogP contribution < -0.4 is 10.2 Å². The number of aliphatic hydroxyl groups excluding tert-OH is 5. The molecular weight excluding hydrogens is 336 g/mol. The molecule has 25 heavy (non-hydrogen) atoms. The van der Waals surface area contributed by atoms with Crippen LogP contribution in [-0.2, 0) is 4.79 Å². The van der Waals surface area contributed by atoms with Crippen LogP contribution in [0.15, 0.2) is 23.3 Å². The van der Waals surface area contributed by atoms with Gasteiger partial charge < -0.3 is 35.4 Å². The number of carbonyl (C=O) groups excluding carboxylic acids is 1. The predicted octanol–water partition coefficient (Wildman–Crippen LogP) is -2.32. The number of amides is 1. The van der Waals surface area contributed by atoms with Gasteiger partial charge in [-0.1, -0.05) is 0 Å². The van der Waals surface area contributed by atoms with Crippen molar-refractivity contribution >= 4 is 12.1 Å². The molecule has 7 N–H and O–H groups in total. The number of nitrogens with one attached hydrogen (secondary N) is 1. The van der Waals surface area contributed by atoms with E-state index >= 15 is 0 Å². The summed E-state index contributed by atoms with van der Waals surface area (Å²) >= 11 is 0. The minimum Gasteiger partial charge on any atom is -0.504 e. The van der Waals surface area contributed by atoms with Crippen LogP contribution in [0.3, 0.4) is 0 Å². The Morgan fingerprint density at radius 3 is 2.56 bits per heavy atom. The SMILES string of the molecule is CCOc1cc(/C=N/NC(=O)[C@H](O)[C@@H](O)[C@H](O)[C@H](O)CO)ccc1O. The molecule has 0 saturated heterocycles. The van der Waals surface area contributed by atoms with Crippen molar-refractivity contribution in [3.05, 3.63) is 23.8 Å². The zero-order valence-electron chi connectivity index (χ0n) is 13.5. The van der Waals surface area contributed by atoms with E-state index in [1.165, 1.54) is 24.4 Å². The lowest BCUT2D eigenvalue weighted by Gasteiger charge is -2.24. The summed E-state index contributed by atoms with van der Waals surface area (Å²) in [5.74, 6) is -0.955. The number of hydrogen-bond acceptors (Lipinski definition) is 9. The summed E-state index contributed by atoms with van der Waals surface area (Å²) in [5.41, 5.74) is 2.43. The summed E-state index contributed by atoms with van der Waals surface area (Å²) in [4.78, 5) is 11.7. The van der Waals surface area contributed by atoms with Gasteiger partial charge in [-0.25, -0.2) is 5.43 Å². The van der Waals surface area contributed by atoms with Gasteiger partial charge in [0.15, 0.2) is 17.6 Å². The molecule has 1 aromatic rings. The highest BCUT2D eigenvalue weighted by Gasteiger charge is 2.34. The maximum absolute atomic E-state index is 11.7. The van der Waals surface area contributed by atoms with Crippen molar-refractivity contribution < 1.29 is 40.2 Å². The van der Waals surface area contributed by atoms with E-state index in [0.717, 1.165) is 0 Å². The molecule has 140 valence electrons. The first-order chi connectivity index (χ1) is 11.8. The molecule has 0 aliphatic heterocycles. The lowest BCUT2D eigenvalue weighted by molar-refractivity contribution is -0.148. The van der Waals surface area contributed by atoms with E-state index in [-0.39, 0.29) is 11.5 Å². The normalized spacial score (nSPS) is 16.2. The fraction of sp³-hybridized carbons (Fsp3) is 0.467. The van der Waals surface area contributed by atoms with E-state index in [0.29, 0.717) is 12.2 Å². The quantitative estimate of drug-likeness (QED) is 0.190. The number of nitrogens with zero attached hydrogens (tertiary/aromatic N) is 1. The maximum Gasteiger partial charge on any atom is 0.271 e. The minimum atomic E-state index is -2.08. The van der Waals surface area contributed by atoms with Gasteiger partial charge in [-0.15, -0.1) is 0 Å². The second kappa shape index (κ2) is 9.91. The van der Waals surface area contributed by atoms with Crippen molar-refractivity contribution in [2.45, 2.75) is 31.3 Å². The van der Waals surface area contributed by atoms with Gasteiger partial charge >= 0.3 is 0 Å². The topological polar surface area (TPSA) is 172 Å². The molecule has 0 fully saturated rings. The fourth-order valence-electron chi connectivity index (χ4n) is 1.80. The van der Waals surface area contributed by atoms with Crippen molar-refractivity contribution in [3.63, 3.8) is 0 Å². The summed E-state index contributed by atoms with van der Waals surface area (Å²) < 4.78 is 5.19. The van der Waals surface area contributed by atoms with Gasteiger partial charge in [0.05, 0.1) is 19.4 Å². The van der Waals surface area contributed by atoms with E-state index in [9.17, 15) is 30.3 Å². The molecule has 10 nitrogen and oxygen atoms in total. The number of hydrazone groups is 1. The molecule has 0 unspecified atom stereocenters. The molecule has 10 heteroatoms. The number of phenolic OH excluding ortho intramolecular Hbond substituents is 1. The van der Waals surface area contributed by atoms with Crippen LogP contribution in [0.25, 0.3) is 0 Å². The molecule has 4 atom stereocenters. The zero-order chi connectivity index (χ0) is 19.0. The second-order valence-corrected chi connectivity index (χ2v) is 5.07. The Morgan fingerprint density at radius 1 is 1.28 bits per heavy atom. The van der Waals surface area contributed by atoms with E-state index in [1.54, 1.807) is 6.92 Å². The molecule has 0 saturated carbocycles. The Labute approximate surface area is 143 Å². The third-order valence-corrected chi connectivity index (χ3v) is 3.20. The van der Waals surface area contributed by atoms with Crippen LogP contribution in [0.2, 0.25) is 0 Å². The van der Waals surface area contributed by atoms with Gasteiger partial charge in [-0.2, -0.15) is 5.10 Å². The van der Waals surface area contributed by atoms with Crippen molar-refractivity contribution in [3.8, 4) is 11.5 Å². The lowest BCUT2D eigenvalue weighted by atomic mass is 10.0. The van der Waals surface area contributed by atoms with E-state index in [1.807, 2.05) is 5.43 Å². The van der Waals surface area contributed by atoms with E-state index in [4.69, 9.17) is 9.84 Å². The number of rotatable bonds is 9. The Balaban J connectivity index is 2.66. The number of benzene rings is 1. The molecule has 0 aliphatic rings. The van der Waals surface area contributed by atoms with Crippen molar-refractivity contribution in [2.24, 2.45) is 5.10 Å². The second-order valence-electron chi connectivity index (χ2n) is 5.07. The van der Waals surface area contributed by atoms with Crippen LogP contribution in [-0.4, -0.2) is 80.4 Å². The monoisotopic (exact) mass is 358 g/mol. The van der Waals surface area contributed by atoms with Crippen LogP contribution in [0.1, 0.15) is 12.5 Å². The Kier molecular flexibility index (Phi) is 8.25. The number of ether oxygens (including phenoxy) is 1. The average molecular weight is 358 g/mol. The smallest absolute Gasteiger partial charge is 0.271 e. The number of phenols is 1. The number of aliphatic hydroxyl groups is 5. The largest absolute Gasteiger partial charge is 0.504 e. The molecule has 0 aliphatic carbocycles. The van der Waals surface area contributed by atoms with Gasteiger partial charge in [-0.05, 0) is 30.7 Å². The molecule has 0 bridgehead atoms. The summed E-state index contributed by atoms with van der Waals surface area (Å²) in [6.45, 7) is 1.24. The molecular formula is C15H22N2O8. The lowest BCUT2D eigenvalue weighted by Crippen LogP contribution is -2.50. The van der Waals surface area contributed by atoms with Crippen molar-refractivity contribution in [1.29, 1.82) is 0 Å². The van der Waals surface area contributed by atoms with Gasteiger partial charge in [-0.3, -0.25) is 4.79 Å². The van der Waals surface area contributed by atoms with Crippen LogP contribution in [0.4, 0.5) is 0 Å². The minimum absolute atomic E-state index is 0.0574. The van der Waals surface area contributed by atoms with Crippen molar-refractivity contribution in [1.82, 2.24) is 5.43 Å². The molecule has 1 aromatic carbocycles. The molecule has 0 heterocycles. The summed E-state index contributed by atoms with van der Waals surface area (Å²) in [6.07, 6.45) is -6.52. The van der Waals surface area contributed by atoms with E-state index < -0.39 is 36.9 Å². The molecule has 1 rings (SSSR count). The Bertz CT molecular complexity index is 595. The van der Waals surface area contributed by atoms with Crippen molar-refractivity contribution in [2.75, 3.05) is 13.2 Å². The first-order valence-electron chi connectivity index (χ1n) is 7.43. The molecule has 0 radical (unpaired) electrons. The fourth-order valence-corrected chi connectivity index (χ4v) is 1.80. The molecule has 0 aromatic heterocycles. The van der Waals surface area contributed by atoms with Gasteiger partial charge in [0, 0.05) is 0 Å². The summed E-state index contributed by atoms with van der Waals surface area (Å²) in [5, 5.41) is 59.6. The van der Waals surface area contributed by atoms with Crippen LogP contribution in [0, 0.1) is 0 Å². The molecule has 0 spiro atoms. The summed E-state index contributed by atoms with van der Waals surface area (Å²) in [6, 6.07) is 4.35. The Morgan fingerprint density at radius 2 is 1.96 bits per heavy atom. The number of carbonyl (C=O) groups is 1. The first kappa shape index (κ1) is 20.8. The number of hydrogen-bond donors (Lipinski definition) is 7. The predicted molar refractivity (Wildman–Crippen MR) is 86.1 cm³/mol. The standard InChI is InChI=1S/C15H22N2O8/c1-2-25-11-5-8(3-4-9(11)19)6-16-17-15(24)14(23)13(22)12(21)10(20)7-18/h3-6,10,12-14,18-23H,2,7H2,1H3,(H,17,24)/b16-6+/t10-,12-,13+,14-/m1/s1. The van der Waals surface area contributed by atoms with Crippen LogP contribution >= 0.6 is 0 Å². The highest BCUT2D eigenvalue weighted by atomic mass is 16.5. The highest BCUT2D eigenvalue weighted by molar-refractivity contribution is 5.85. The average Bonchev–Trinajstić information content (AvgIpc) is 2.61. The molecule has 1 amide bonds. The van der Waals surface area contributed by atoms with Gasteiger partial charge in [0.1, 0.15) is 18.3 Å². The first-order valence-corrected chi connectivity index (χ1v) is 7.43. The van der Waals surface area contributed by atoms with Crippen LogP contribution in [0.5, 0.6) is 11.5 Å². The summed E-state index contributed by atoms with van der Waals surface area (Å²) in [7, 11) is 0. The number of aromatic hydroxyl groups is 1.